The number of anilines is 1. The summed E-state index contributed by atoms with van der Waals surface area (Å²) in [7, 11) is 1.27. The Morgan fingerprint density at radius 1 is 1.15 bits per heavy atom. The van der Waals surface area contributed by atoms with Gasteiger partial charge in [-0.25, -0.2) is 18.0 Å². The number of carbonyl (C=O) groups is 1. The van der Waals surface area contributed by atoms with Crippen LogP contribution in [0.3, 0.4) is 0 Å². The number of nitrogens with zero attached hydrogens (tertiary/aromatic N) is 1. The van der Waals surface area contributed by atoms with E-state index < -0.39 is 48.0 Å². The Bertz CT molecular complexity index is 945. The van der Waals surface area contributed by atoms with Gasteiger partial charge in [0, 0.05) is 55.0 Å². The number of nitrogens with one attached hydrogen (secondary N) is 2. The molecule has 2 N–H and O–H groups in total. The van der Waals surface area contributed by atoms with Gasteiger partial charge in [-0.3, -0.25) is 4.90 Å². The number of hydrogen-bond donors (Lipinski definition) is 2. The third-order valence-electron chi connectivity index (χ3n) is 5.54. The first-order valence-electron chi connectivity index (χ1n) is 10.2. The molecular formula is C22H23F6N3O2. The Labute approximate surface area is 186 Å². The van der Waals surface area contributed by atoms with E-state index in [1.165, 1.54) is 7.11 Å². The number of likely N-dealkylation sites (tertiary alicyclic amines) is 1. The van der Waals surface area contributed by atoms with Gasteiger partial charge in [0.05, 0.1) is 12.7 Å². The predicted molar refractivity (Wildman–Crippen MR) is 110 cm³/mol. The van der Waals surface area contributed by atoms with Gasteiger partial charge in [-0.1, -0.05) is 0 Å². The molecule has 0 saturated carbocycles. The molecule has 1 aliphatic heterocycles. The fraction of sp³-hybridized carbons (Fsp3) is 0.409. The first kappa shape index (κ1) is 24.7. The summed E-state index contributed by atoms with van der Waals surface area (Å²) in [5.41, 5.74) is -0.993. The number of benzene rings is 2. The van der Waals surface area contributed by atoms with Gasteiger partial charge in [0.25, 0.3) is 0 Å². The van der Waals surface area contributed by atoms with Crippen LogP contribution >= 0.6 is 0 Å². The Morgan fingerprint density at radius 3 is 2.33 bits per heavy atom. The lowest BCUT2D eigenvalue weighted by molar-refractivity contribution is -0.137. The molecule has 1 saturated heterocycles. The maximum atomic E-state index is 14.8. The molecule has 0 aliphatic carbocycles. The molecule has 0 radical (unpaired) electrons. The molecular weight excluding hydrogens is 452 g/mol. The number of urea groups is 1. The quantitative estimate of drug-likeness (QED) is 0.582. The Morgan fingerprint density at radius 2 is 1.79 bits per heavy atom. The van der Waals surface area contributed by atoms with E-state index in [-0.39, 0.29) is 36.5 Å². The zero-order valence-corrected chi connectivity index (χ0v) is 17.7. The van der Waals surface area contributed by atoms with E-state index in [0.29, 0.717) is 6.54 Å². The van der Waals surface area contributed by atoms with Crippen molar-refractivity contribution in [1.29, 1.82) is 0 Å². The second kappa shape index (κ2) is 10.3. The molecule has 180 valence electrons. The second-order valence-corrected chi connectivity index (χ2v) is 7.67. The molecule has 0 spiro atoms. The van der Waals surface area contributed by atoms with Crippen molar-refractivity contribution < 1.29 is 35.9 Å². The number of methoxy groups -OCH3 is 1. The van der Waals surface area contributed by atoms with Crippen molar-refractivity contribution in [2.24, 2.45) is 0 Å². The third kappa shape index (κ3) is 6.10. The summed E-state index contributed by atoms with van der Waals surface area (Å²) >= 11 is 0. The number of carbonyl (C=O) groups excluding carboxylic acids is 1. The summed E-state index contributed by atoms with van der Waals surface area (Å²) in [6.07, 6.45) is -4.22. The molecule has 2 amide bonds. The van der Waals surface area contributed by atoms with Gasteiger partial charge in [-0.2, -0.15) is 13.2 Å². The molecule has 33 heavy (non-hydrogen) atoms. The molecule has 1 unspecified atom stereocenters. The van der Waals surface area contributed by atoms with Gasteiger partial charge in [0.15, 0.2) is 0 Å². The van der Waals surface area contributed by atoms with Gasteiger partial charge in [-0.05, 0) is 30.7 Å². The molecule has 2 aromatic carbocycles. The van der Waals surface area contributed by atoms with Gasteiger partial charge in [0.2, 0.25) is 0 Å². The van der Waals surface area contributed by atoms with Gasteiger partial charge < -0.3 is 15.4 Å². The molecule has 0 aromatic heterocycles. The van der Waals surface area contributed by atoms with Gasteiger partial charge in [-0.15, -0.1) is 0 Å². The highest BCUT2D eigenvalue weighted by molar-refractivity contribution is 5.89. The summed E-state index contributed by atoms with van der Waals surface area (Å²) in [5, 5.41) is 5.07. The number of hydrogen-bond acceptors (Lipinski definition) is 3. The molecule has 11 heteroatoms. The number of amides is 2. The average Bonchev–Trinajstić information content (AvgIpc) is 2.74. The fourth-order valence-electron chi connectivity index (χ4n) is 3.92. The smallest absolute Gasteiger partial charge is 0.416 e. The fourth-order valence-corrected chi connectivity index (χ4v) is 3.92. The maximum Gasteiger partial charge on any atom is 0.416 e. The number of alkyl halides is 4. The van der Waals surface area contributed by atoms with Crippen molar-refractivity contribution in [2.75, 3.05) is 38.7 Å². The normalized spacial score (nSPS) is 19.2. The van der Waals surface area contributed by atoms with Crippen molar-refractivity contribution >= 4 is 11.7 Å². The van der Waals surface area contributed by atoms with Crippen molar-refractivity contribution in [3.05, 3.63) is 59.2 Å². The van der Waals surface area contributed by atoms with E-state index in [9.17, 15) is 31.1 Å². The number of halogens is 6. The van der Waals surface area contributed by atoms with Crippen LogP contribution in [0.5, 0.6) is 5.75 Å². The van der Waals surface area contributed by atoms with E-state index in [1.807, 2.05) is 0 Å². The van der Waals surface area contributed by atoms with E-state index in [1.54, 1.807) is 4.90 Å². The molecule has 2 aromatic rings. The Balaban J connectivity index is 1.78. The minimum absolute atomic E-state index is 0.00488. The van der Waals surface area contributed by atoms with Gasteiger partial charge in [0.1, 0.15) is 24.1 Å². The summed E-state index contributed by atoms with van der Waals surface area (Å²) in [5.74, 6) is -2.54. The highest BCUT2D eigenvalue weighted by Crippen LogP contribution is 2.34. The number of rotatable bonds is 6. The Kier molecular flexibility index (Phi) is 7.72. The van der Waals surface area contributed by atoms with Crippen LogP contribution < -0.4 is 15.4 Å². The maximum absolute atomic E-state index is 14.8. The van der Waals surface area contributed by atoms with Crippen LogP contribution in [0, 0.1) is 11.6 Å². The molecule has 2 atom stereocenters. The third-order valence-corrected chi connectivity index (χ3v) is 5.54. The SMILES string of the molecule is COc1cc(F)c(C2CN(CCF)CC[C@H]2NC(=O)Nc2ccc(C(F)(F)F)cc2)c(F)c1. The van der Waals surface area contributed by atoms with E-state index in [4.69, 9.17) is 4.74 Å². The topological polar surface area (TPSA) is 53.6 Å². The molecule has 1 aliphatic rings. The first-order valence-corrected chi connectivity index (χ1v) is 10.2. The van der Waals surface area contributed by atoms with Crippen LogP contribution in [-0.4, -0.2) is 50.4 Å². The van der Waals surface area contributed by atoms with Crippen LogP contribution in [0.15, 0.2) is 36.4 Å². The lowest BCUT2D eigenvalue weighted by Crippen LogP contribution is -2.51. The van der Waals surface area contributed by atoms with Gasteiger partial charge >= 0.3 is 12.2 Å². The van der Waals surface area contributed by atoms with Crippen LogP contribution in [0.2, 0.25) is 0 Å². The molecule has 3 rings (SSSR count). The van der Waals surface area contributed by atoms with Crippen molar-refractivity contribution in [2.45, 2.75) is 24.6 Å². The highest BCUT2D eigenvalue weighted by Gasteiger charge is 2.35. The standard InChI is InChI=1S/C22H23F6N3O2/c1-33-15-10-17(24)20(18(25)11-15)16-12-31(9-7-23)8-6-19(16)30-21(32)29-14-4-2-13(3-5-14)22(26,27)28/h2-5,10-11,16,19H,6-9,12H2,1H3,(H2,29,30,32)/t16?,19-/m1/s1. The molecule has 0 bridgehead atoms. The molecule has 1 fully saturated rings. The number of ether oxygens (including phenoxy) is 1. The van der Waals surface area contributed by atoms with Crippen molar-refractivity contribution in [3.8, 4) is 5.75 Å². The van der Waals surface area contributed by atoms with E-state index in [2.05, 4.69) is 10.6 Å². The van der Waals surface area contributed by atoms with Crippen LogP contribution in [0.1, 0.15) is 23.5 Å². The lowest BCUT2D eigenvalue weighted by Gasteiger charge is -2.39. The number of piperidine rings is 1. The molecule has 1 heterocycles. The minimum atomic E-state index is -4.51. The first-order chi connectivity index (χ1) is 15.6. The van der Waals surface area contributed by atoms with Crippen LogP contribution in [0.25, 0.3) is 0 Å². The predicted octanol–water partition coefficient (Wildman–Crippen LogP) is 4.94. The van der Waals surface area contributed by atoms with Crippen LogP contribution in [0.4, 0.5) is 36.8 Å². The van der Waals surface area contributed by atoms with Crippen molar-refractivity contribution in [1.82, 2.24) is 10.2 Å². The summed E-state index contributed by atoms with van der Waals surface area (Å²) in [6, 6.07) is 4.49. The summed E-state index contributed by atoms with van der Waals surface area (Å²) in [6.45, 7) is -0.0481. The highest BCUT2D eigenvalue weighted by atomic mass is 19.4. The molecule has 5 nitrogen and oxygen atoms in total. The largest absolute Gasteiger partial charge is 0.497 e. The monoisotopic (exact) mass is 475 g/mol. The van der Waals surface area contributed by atoms with Crippen LogP contribution in [-0.2, 0) is 6.18 Å². The second-order valence-electron chi connectivity index (χ2n) is 7.67. The Hall–Kier alpha value is -2.95. The zero-order chi connectivity index (χ0) is 24.2. The summed E-state index contributed by atoms with van der Waals surface area (Å²) < 4.78 is 85.3. The van der Waals surface area contributed by atoms with Crippen molar-refractivity contribution in [3.63, 3.8) is 0 Å². The zero-order valence-electron chi connectivity index (χ0n) is 17.7. The lowest BCUT2D eigenvalue weighted by atomic mass is 9.85. The van der Waals surface area contributed by atoms with E-state index >= 15 is 0 Å². The summed E-state index contributed by atoms with van der Waals surface area (Å²) in [4.78, 5) is 14.2. The van der Waals surface area contributed by atoms with E-state index in [0.717, 1.165) is 36.4 Å². The minimum Gasteiger partial charge on any atom is -0.497 e. The average molecular weight is 475 g/mol.